The Morgan fingerprint density at radius 3 is 2.19 bits per heavy atom. The van der Waals surface area contributed by atoms with Gasteiger partial charge in [0.1, 0.15) is 11.8 Å². The van der Waals surface area contributed by atoms with Gasteiger partial charge in [0.05, 0.1) is 5.56 Å². The molecule has 7 heteroatoms. The first-order valence-electron chi connectivity index (χ1n) is 8.96. The van der Waals surface area contributed by atoms with Gasteiger partial charge in [0.25, 0.3) is 5.91 Å². The highest BCUT2D eigenvalue weighted by Crippen LogP contribution is 2.29. The summed E-state index contributed by atoms with van der Waals surface area (Å²) >= 11 is 0. The zero-order valence-corrected chi connectivity index (χ0v) is 15.4. The van der Waals surface area contributed by atoms with Crippen LogP contribution in [0.1, 0.15) is 50.4 Å². The Bertz CT molecular complexity index is 673. The average molecular weight is 361 g/mol. The van der Waals surface area contributed by atoms with Crippen LogP contribution in [0, 0.1) is 5.92 Å². The van der Waals surface area contributed by atoms with Crippen LogP contribution in [0.5, 0.6) is 5.75 Å². The van der Waals surface area contributed by atoms with Crippen molar-refractivity contribution in [2.24, 2.45) is 5.92 Å². The molecule has 7 nitrogen and oxygen atoms in total. The number of hydrogen-bond acceptors (Lipinski definition) is 4. The van der Waals surface area contributed by atoms with Gasteiger partial charge in [0, 0.05) is 19.0 Å². The number of carbonyl (C=O) groups excluding carboxylic acids is 3. The maximum absolute atomic E-state index is 12.6. The molecule has 0 saturated heterocycles. The number of hydrogen-bond donors (Lipinski definition) is 4. The predicted octanol–water partition coefficient (Wildman–Crippen LogP) is 1.32. The minimum Gasteiger partial charge on any atom is -0.507 e. The molecular formula is C19H27N3O4. The van der Waals surface area contributed by atoms with E-state index < -0.39 is 11.9 Å². The number of phenolic OH excluding ortho intramolecular Hbond substituents is 1. The molecular weight excluding hydrogens is 334 g/mol. The van der Waals surface area contributed by atoms with Crippen LogP contribution >= 0.6 is 0 Å². The second kappa shape index (κ2) is 8.69. The molecule has 142 valence electrons. The van der Waals surface area contributed by atoms with E-state index >= 15 is 0 Å². The van der Waals surface area contributed by atoms with Crippen molar-refractivity contribution in [2.75, 3.05) is 0 Å². The maximum Gasteiger partial charge on any atom is 0.255 e. The minimum absolute atomic E-state index is 0.0930. The topological polar surface area (TPSA) is 108 Å². The first-order valence-corrected chi connectivity index (χ1v) is 8.96. The third-order valence-corrected chi connectivity index (χ3v) is 4.89. The number of para-hydroxylation sites is 1. The van der Waals surface area contributed by atoms with E-state index in [1.807, 2.05) is 0 Å². The van der Waals surface area contributed by atoms with Crippen molar-refractivity contribution in [3.05, 3.63) is 29.8 Å². The Kier molecular flexibility index (Phi) is 6.60. The second-order valence-corrected chi connectivity index (χ2v) is 6.95. The third-order valence-electron chi connectivity index (χ3n) is 4.89. The van der Waals surface area contributed by atoms with Gasteiger partial charge >= 0.3 is 0 Å². The summed E-state index contributed by atoms with van der Waals surface area (Å²) < 4.78 is 0. The predicted molar refractivity (Wildman–Crippen MR) is 97.6 cm³/mol. The normalized spacial score (nSPS) is 17.3. The minimum atomic E-state index is -0.537. The van der Waals surface area contributed by atoms with E-state index in [0.29, 0.717) is 0 Å². The van der Waals surface area contributed by atoms with Crippen LogP contribution in [0.15, 0.2) is 24.3 Å². The highest BCUT2D eigenvalue weighted by molar-refractivity contribution is 5.97. The van der Waals surface area contributed by atoms with Crippen molar-refractivity contribution < 1.29 is 19.5 Å². The van der Waals surface area contributed by atoms with Gasteiger partial charge in [-0.05, 0) is 44.7 Å². The number of rotatable bonds is 7. The van der Waals surface area contributed by atoms with E-state index in [-0.39, 0.29) is 41.1 Å². The molecule has 2 rings (SSSR count). The van der Waals surface area contributed by atoms with E-state index in [1.54, 1.807) is 26.0 Å². The molecule has 1 saturated carbocycles. The number of benzene rings is 1. The van der Waals surface area contributed by atoms with E-state index in [1.165, 1.54) is 19.1 Å². The summed E-state index contributed by atoms with van der Waals surface area (Å²) in [5.41, 5.74) is 0.184. The summed E-state index contributed by atoms with van der Waals surface area (Å²) in [6, 6.07) is 5.05. The monoisotopic (exact) mass is 361 g/mol. The fourth-order valence-corrected chi connectivity index (χ4v) is 2.90. The van der Waals surface area contributed by atoms with Crippen LogP contribution in [-0.4, -0.2) is 41.0 Å². The lowest BCUT2D eigenvalue weighted by atomic mass is 9.79. The molecule has 0 heterocycles. The summed E-state index contributed by atoms with van der Waals surface area (Å²) in [5.74, 6) is -0.803. The van der Waals surface area contributed by atoms with Gasteiger partial charge in [-0.25, -0.2) is 0 Å². The molecule has 1 aromatic carbocycles. The molecule has 1 aliphatic rings. The SMILES string of the molecule is CC(=O)NC(C(=O)NC(C)C(C)NC(=O)c1ccccc1O)C1CCC1. The molecule has 3 atom stereocenters. The number of carbonyl (C=O) groups is 3. The number of amides is 3. The van der Waals surface area contributed by atoms with Crippen molar-refractivity contribution in [1.29, 1.82) is 0 Å². The Labute approximate surface area is 153 Å². The van der Waals surface area contributed by atoms with E-state index in [9.17, 15) is 19.5 Å². The summed E-state index contributed by atoms with van der Waals surface area (Å²) in [6.45, 7) is 4.97. The summed E-state index contributed by atoms with van der Waals surface area (Å²) in [7, 11) is 0. The third kappa shape index (κ3) is 4.97. The Morgan fingerprint density at radius 1 is 1.04 bits per heavy atom. The molecule has 3 unspecified atom stereocenters. The lowest BCUT2D eigenvalue weighted by molar-refractivity contribution is -0.130. The largest absolute Gasteiger partial charge is 0.507 e. The first-order chi connectivity index (χ1) is 12.3. The zero-order chi connectivity index (χ0) is 19.3. The average Bonchev–Trinajstić information content (AvgIpc) is 2.52. The van der Waals surface area contributed by atoms with Crippen molar-refractivity contribution in [3.8, 4) is 5.75 Å². The van der Waals surface area contributed by atoms with Crippen LogP contribution in [0.2, 0.25) is 0 Å². The van der Waals surface area contributed by atoms with Crippen molar-refractivity contribution in [1.82, 2.24) is 16.0 Å². The van der Waals surface area contributed by atoms with E-state index in [0.717, 1.165) is 19.3 Å². The highest BCUT2D eigenvalue weighted by Gasteiger charge is 2.34. The van der Waals surface area contributed by atoms with Gasteiger partial charge in [-0.1, -0.05) is 18.6 Å². The number of nitrogens with one attached hydrogen (secondary N) is 3. The fraction of sp³-hybridized carbons (Fsp3) is 0.526. The van der Waals surface area contributed by atoms with Crippen molar-refractivity contribution in [3.63, 3.8) is 0 Å². The van der Waals surface area contributed by atoms with E-state index in [4.69, 9.17) is 0 Å². The smallest absolute Gasteiger partial charge is 0.255 e. The molecule has 1 aliphatic carbocycles. The lowest BCUT2D eigenvalue weighted by Crippen LogP contribution is -2.57. The quantitative estimate of drug-likeness (QED) is 0.587. The molecule has 26 heavy (non-hydrogen) atoms. The first kappa shape index (κ1) is 19.8. The fourth-order valence-electron chi connectivity index (χ4n) is 2.90. The Morgan fingerprint density at radius 2 is 1.65 bits per heavy atom. The molecule has 0 bridgehead atoms. The zero-order valence-electron chi connectivity index (χ0n) is 15.4. The van der Waals surface area contributed by atoms with Gasteiger partial charge in [0.2, 0.25) is 11.8 Å². The van der Waals surface area contributed by atoms with Crippen LogP contribution in [0.4, 0.5) is 0 Å². The number of phenols is 1. The van der Waals surface area contributed by atoms with Gasteiger partial charge in [0.15, 0.2) is 0 Å². The maximum atomic E-state index is 12.6. The van der Waals surface area contributed by atoms with Crippen LogP contribution in [0.3, 0.4) is 0 Å². The molecule has 4 N–H and O–H groups in total. The van der Waals surface area contributed by atoms with Crippen LogP contribution in [-0.2, 0) is 9.59 Å². The summed E-state index contributed by atoms with van der Waals surface area (Å²) in [4.78, 5) is 36.2. The molecule has 0 aliphatic heterocycles. The van der Waals surface area contributed by atoms with Crippen LogP contribution < -0.4 is 16.0 Å². The van der Waals surface area contributed by atoms with Gasteiger partial charge in [-0.15, -0.1) is 0 Å². The van der Waals surface area contributed by atoms with Gasteiger partial charge in [-0.3, -0.25) is 14.4 Å². The molecule has 0 aromatic heterocycles. The lowest BCUT2D eigenvalue weighted by Gasteiger charge is -2.34. The van der Waals surface area contributed by atoms with Crippen LogP contribution in [0.25, 0.3) is 0 Å². The summed E-state index contributed by atoms with van der Waals surface area (Å²) in [5, 5.41) is 18.1. The standard InChI is InChI=1S/C19H27N3O4/c1-11(20-18(25)15-9-4-5-10-16(15)24)12(2)21-19(26)17(22-13(3)23)14-7-6-8-14/h4-5,9-12,14,17,24H,6-8H2,1-3H3,(H,20,25)(H,21,26)(H,22,23). The van der Waals surface area contributed by atoms with Crippen molar-refractivity contribution >= 4 is 17.7 Å². The molecule has 1 fully saturated rings. The second-order valence-electron chi connectivity index (χ2n) is 6.95. The molecule has 0 radical (unpaired) electrons. The molecule has 1 aromatic rings. The molecule has 0 spiro atoms. The summed E-state index contributed by atoms with van der Waals surface area (Å²) in [6.07, 6.45) is 2.91. The number of aromatic hydroxyl groups is 1. The van der Waals surface area contributed by atoms with Gasteiger partial charge in [-0.2, -0.15) is 0 Å². The van der Waals surface area contributed by atoms with E-state index in [2.05, 4.69) is 16.0 Å². The van der Waals surface area contributed by atoms with Gasteiger partial charge < -0.3 is 21.1 Å². The Balaban J connectivity index is 1.93. The Hall–Kier alpha value is -2.57. The van der Waals surface area contributed by atoms with Crippen molar-refractivity contribution in [2.45, 2.75) is 58.2 Å². The molecule has 3 amide bonds. The highest BCUT2D eigenvalue weighted by atomic mass is 16.3.